The van der Waals surface area contributed by atoms with Crippen molar-refractivity contribution in [2.75, 3.05) is 26.7 Å². The summed E-state index contributed by atoms with van der Waals surface area (Å²) in [5.74, 6) is 0.938. The lowest BCUT2D eigenvalue weighted by Gasteiger charge is -2.24. The Morgan fingerprint density at radius 3 is 2.74 bits per heavy atom. The molecule has 2 amide bonds. The summed E-state index contributed by atoms with van der Waals surface area (Å²) in [4.78, 5) is 33.5. The van der Waals surface area contributed by atoms with Gasteiger partial charge in [0.1, 0.15) is 5.75 Å². The quantitative estimate of drug-likeness (QED) is 0.834. The smallest absolute Gasteiger partial charge is 0.253 e. The average molecular weight is 365 g/mol. The highest BCUT2D eigenvalue weighted by Crippen LogP contribution is 2.41. The zero-order valence-corrected chi connectivity index (χ0v) is 15.4. The number of amides is 2. The predicted octanol–water partition coefficient (Wildman–Crippen LogP) is 2.36. The summed E-state index contributed by atoms with van der Waals surface area (Å²) >= 11 is 0. The number of carbonyl (C=O) groups excluding carboxylic acids is 2. The molecule has 1 aromatic carbocycles. The molecule has 2 aromatic rings. The van der Waals surface area contributed by atoms with E-state index in [9.17, 15) is 9.59 Å². The second kappa shape index (κ2) is 7.02. The number of hydrogen-bond acceptors (Lipinski definition) is 4. The largest absolute Gasteiger partial charge is 0.497 e. The molecule has 1 aromatic heterocycles. The van der Waals surface area contributed by atoms with E-state index in [2.05, 4.69) is 4.98 Å². The van der Waals surface area contributed by atoms with Crippen LogP contribution in [0.2, 0.25) is 0 Å². The number of aromatic nitrogens is 1. The topological polar surface area (TPSA) is 62.7 Å². The molecule has 3 heterocycles. The molecule has 0 N–H and O–H groups in total. The summed E-state index contributed by atoms with van der Waals surface area (Å²) in [5.41, 5.74) is 1.25. The first-order valence-corrected chi connectivity index (χ1v) is 9.23. The first kappa shape index (κ1) is 17.5. The lowest BCUT2D eigenvalue weighted by atomic mass is 9.85. The van der Waals surface area contributed by atoms with Crippen LogP contribution < -0.4 is 4.74 Å². The molecule has 0 bridgehead atoms. The minimum Gasteiger partial charge on any atom is -0.497 e. The Kier molecular flexibility index (Phi) is 4.56. The van der Waals surface area contributed by atoms with E-state index in [-0.39, 0.29) is 11.8 Å². The first-order valence-electron chi connectivity index (χ1n) is 9.23. The highest BCUT2D eigenvalue weighted by Gasteiger charge is 2.51. The Morgan fingerprint density at radius 1 is 1.19 bits per heavy atom. The van der Waals surface area contributed by atoms with Crippen molar-refractivity contribution in [2.24, 2.45) is 5.41 Å². The maximum absolute atomic E-state index is 13.1. The molecule has 6 heteroatoms. The molecule has 2 saturated heterocycles. The number of carbonyl (C=O) groups is 2. The van der Waals surface area contributed by atoms with E-state index in [1.54, 1.807) is 31.6 Å². The van der Waals surface area contributed by atoms with E-state index < -0.39 is 5.41 Å². The number of pyridine rings is 1. The number of benzene rings is 1. The second-order valence-electron chi connectivity index (χ2n) is 7.32. The molecule has 0 unspecified atom stereocenters. The second-order valence-corrected chi connectivity index (χ2v) is 7.32. The first-order chi connectivity index (χ1) is 13.1. The lowest BCUT2D eigenvalue weighted by Crippen LogP contribution is -2.38. The van der Waals surface area contributed by atoms with Crippen LogP contribution in [0.1, 0.15) is 28.8 Å². The molecule has 27 heavy (non-hydrogen) atoms. The van der Waals surface area contributed by atoms with E-state index in [0.29, 0.717) is 25.2 Å². The fourth-order valence-electron chi connectivity index (χ4n) is 4.14. The lowest BCUT2D eigenvalue weighted by molar-refractivity contribution is -0.135. The Hall–Kier alpha value is -2.89. The van der Waals surface area contributed by atoms with Gasteiger partial charge >= 0.3 is 0 Å². The van der Waals surface area contributed by atoms with Gasteiger partial charge in [-0.05, 0) is 42.7 Å². The van der Waals surface area contributed by atoms with Gasteiger partial charge in [-0.15, -0.1) is 0 Å². The number of methoxy groups -OCH3 is 1. The van der Waals surface area contributed by atoms with Gasteiger partial charge in [-0.2, -0.15) is 0 Å². The number of nitrogens with zero attached hydrogens (tertiary/aromatic N) is 3. The molecule has 2 aliphatic heterocycles. The fourth-order valence-corrected chi connectivity index (χ4v) is 4.14. The summed E-state index contributed by atoms with van der Waals surface area (Å²) in [5, 5.41) is 0. The van der Waals surface area contributed by atoms with Crippen LogP contribution in [0.15, 0.2) is 48.8 Å². The average Bonchev–Trinajstić information content (AvgIpc) is 3.28. The van der Waals surface area contributed by atoms with Gasteiger partial charge < -0.3 is 14.5 Å². The number of ether oxygens (including phenoxy) is 1. The molecular weight excluding hydrogens is 342 g/mol. The third kappa shape index (κ3) is 3.27. The van der Waals surface area contributed by atoms with Crippen molar-refractivity contribution in [3.05, 3.63) is 59.9 Å². The zero-order valence-electron chi connectivity index (χ0n) is 15.4. The Labute approximate surface area is 158 Å². The van der Waals surface area contributed by atoms with Crippen molar-refractivity contribution in [1.29, 1.82) is 0 Å². The highest BCUT2D eigenvalue weighted by atomic mass is 16.5. The van der Waals surface area contributed by atoms with Crippen LogP contribution in [0, 0.1) is 5.41 Å². The van der Waals surface area contributed by atoms with E-state index in [0.717, 1.165) is 30.7 Å². The van der Waals surface area contributed by atoms with E-state index >= 15 is 0 Å². The van der Waals surface area contributed by atoms with Gasteiger partial charge in [0.05, 0.1) is 12.5 Å². The molecular formula is C21H23N3O3. The molecule has 2 aliphatic rings. The summed E-state index contributed by atoms with van der Waals surface area (Å²) in [6, 6.07) is 11.3. The molecule has 6 nitrogen and oxygen atoms in total. The third-order valence-electron chi connectivity index (χ3n) is 5.68. The van der Waals surface area contributed by atoms with Crippen molar-refractivity contribution < 1.29 is 14.3 Å². The van der Waals surface area contributed by atoms with E-state index in [4.69, 9.17) is 4.74 Å². The van der Waals surface area contributed by atoms with Gasteiger partial charge in [-0.1, -0.05) is 12.1 Å². The van der Waals surface area contributed by atoms with E-state index in [1.807, 2.05) is 34.1 Å². The van der Waals surface area contributed by atoms with Crippen LogP contribution >= 0.6 is 0 Å². The fraction of sp³-hybridized carbons (Fsp3) is 0.381. The van der Waals surface area contributed by atoms with Crippen molar-refractivity contribution in [2.45, 2.75) is 19.4 Å². The summed E-state index contributed by atoms with van der Waals surface area (Å²) in [6.07, 6.45) is 4.78. The Bertz CT molecular complexity index is 855. The van der Waals surface area contributed by atoms with Crippen LogP contribution in [-0.4, -0.2) is 53.3 Å². The molecule has 2 fully saturated rings. The Balaban J connectivity index is 1.44. The van der Waals surface area contributed by atoms with Gasteiger partial charge in [0.2, 0.25) is 5.91 Å². The SMILES string of the molecule is COc1cccc(CN2CC[C@]3(CCN(C(=O)c4ccncc4)C3)C2=O)c1. The highest BCUT2D eigenvalue weighted by molar-refractivity contribution is 5.95. The Morgan fingerprint density at radius 2 is 1.96 bits per heavy atom. The normalized spacial score (nSPS) is 21.9. The molecule has 0 saturated carbocycles. The van der Waals surface area contributed by atoms with Gasteiger partial charge in [0, 0.05) is 44.1 Å². The van der Waals surface area contributed by atoms with Crippen molar-refractivity contribution in [3.8, 4) is 5.75 Å². The van der Waals surface area contributed by atoms with Gasteiger partial charge in [0.15, 0.2) is 0 Å². The van der Waals surface area contributed by atoms with Gasteiger partial charge in [-0.3, -0.25) is 14.6 Å². The molecule has 4 rings (SSSR count). The van der Waals surface area contributed by atoms with Crippen molar-refractivity contribution >= 4 is 11.8 Å². The molecule has 140 valence electrons. The van der Waals surface area contributed by atoms with Crippen molar-refractivity contribution in [3.63, 3.8) is 0 Å². The minimum absolute atomic E-state index is 0.0201. The molecule has 0 radical (unpaired) electrons. The monoisotopic (exact) mass is 365 g/mol. The molecule has 1 spiro atoms. The number of likely N-dealkylation sites (tertiary alicyclic amines) is 2. The summed E-state index contributed by atoms with van der Waals surface area (Å²) < 4.78 is 5.27. The van der Waals surface area contributed by atoms with Crippen LogP contribution in [0.3, 0.4) is 0 Å². The third-order valence-corrected chi connectivity index (χ3v) is 5.68. The standard InChI is InChI=1S/C21H23N3O3/c1-27-18-4-2-3-16(13-18)14-23-11-7-21(20(23)26)8-12-24(15-21)19(25)17-5-9-22-10-6-17/h2-6,9-10,13H,7-8,11-12,14-15H2,1H3/t21-/m1/s1. The van der Waals surface area contributed by atoms with Crippen LogP contribution in [0.4, 0.5) is 0 Å². The van der Waals surface area contributed by atoms with Crippen LogP contribution in [0.5, 0.6) is 5.75 Å². The minimum atomic E-state index is -0.429. The van der Waals surface area contributed by atoms with Gasteiger partial charge in [-0.25, -0.2) is 0 Å². The summed E-state index contributed by atoms with van der Waals surface area (Å²) in [7, 11) is 1.64. The zero-order chi connectivity index (χ0) is 18.9. The van der Waals surface area contributed by atoms with Crippen LogP contribution in [-0.2, 0) is 11.3 Å². The molecule has 0 aliphatic carbocycles. The number of rotatable bonds is 4. The van der Waals surface area contributed by atoms with Crippen LogP contribution in [0.25, 0.3) is 0 Å². The van der Waals surface area contributed by atoms with Gasteiger partial charge in [0.25, 0.3) is 5.91 Å². The summed E-state index contributed by atoms with van der Waals surface area (Å²) in [6.45, 7) is 2.44. The molecule has 1 atom stereocenters. The van der Waals surface area contributed by atoms with Crippen molar-refractivity contribution in [1.82, 2.24) is 14.8 Å². The maximum atomic E-state index is 13.1. The van der Waals surface area contributed by atoms with E-state index in [1.165, 1.54) is 0 Å². The predicted molar refractivity (Wildman–Crippen MR) is 100 cm³/mol. The number of hydrogen-bond donors (Lipinski definition) is 0. The maximum Gasteiger partial charge on any atom is 0.253 e.